The minimum absolute atomic E-state index is 0.135. The van der Waals surface area contributed by atoms with Gasteiger partial charge in [-0.25, -0.2) is 0 Å². The van der Waals surface area contributed by atoms with Gasteiger partial charge in [0.1, 0.15) is 17.9 Å². The first-order valence-corrected chi connectivity index (χ1v) is 5.86. The van der Waals surface area contributed by atoms with E-state index in [0.29, 0.717) is 0 Å². The topological polar surface area (TPSA) is 159 Å². The van der Waals surface area contributed by atoms with Crippen molar-refractivity contribution in [2.75, 3.05) is 13.2 Å². The van der Waals surface area contributed by atoms with Crippen LogP contribution in [0, 0.1) is 0 Å². The normalized spacial score (nSPS) is 15.8. The molecule has 0 radical (unpaired) electrons. The lowest BCUT2D eigenvalue weighted by Crippen LogP contribution is -2.37. The largest absolute Gasteiger partial charge is 0.460 e. The number of esters is 1. The number of ether oxygens (including phenoxy) is 1. The summed E-state index contributed by atoms with van der Waals surface area (Å²) in [6.07, 6.45) is -3.71. The second-order valence-corrected chi connectivity index (χ2v) is 4.92. The van der Waals surface area contributed by atoms with Crippen LogP contribution in [-0.4, -0.2) is 63.6 Å². The second-order valence-electron chi connectivity index (χ2n) is 4.92. The fraction of sp³-hybridized carbons (Fsp3) is 0.909. The molecule has 0 bridgehead atoms. The van der Waals surface area contributed by atoms with E-state index in [1.54, 1.807) is 20.8 Å². The summed E-state index contributed by atoms with van der Waals surface area (Å²) in [6.45, 7) is 5.05. The molecule has 3 unspecified atom stereocenters. The van der Waals surface area contributed by atoms with Crippen molar-refractivity contribution in [3.05, 3.63) is 0 Å². The molecule has 0 heterocycles. The van der Waals surface area contributed by atoms with Crippen LogP contribution in [0.4, 0.5) is 0 Å². The van der Waals surface area contributed by atoms with Gasteiger partial charge < -0.3 is 36.6 Å². The lowest BCUT2D eigenvalue weighted by Gasteiger charge is -2.21. The molecule has 8 N–H and O–H groups in total. The molecule has 0 saturated heterocycles. The van der Waals surface area contributed by atoms with Crippen molar-refractivity contribution in [1.82, 2.24) is 0 Å². The molecule has 0 aliphatic heterocycles. The maximum absolute atomic E-state index is 11.0. The molecule has 0 spiro atoms. The van der Waals surface area contributed by atoms with Crippen LogP contribution in [0.5, 0.6) is 0 Å². The highest BCUT2D eigenvalue weighted by molar-refractivity contribution is 5.70. The maximum Gasteiger partial charge on any atom is 0.309 e. The molecule has 8 nitrogen and oxygen atoms in total. The summed E-state index contributed by atoms with van der Waals surface area (Å²) in [4.78, 5) is 11.0. The summed E-state index contributed by atoms with van der Waals surface area (Å²) in [5.74, 6) is -0.579. The number of aliphatic hydroxyl groups excluding tert-OH is 4. The third kappa shape index (κ3) is 15.2. The number of carbonyl (C=O) groups excluding carboxylic acids is 1. The van der Waals surface area contributed by atoms with Gasteiger partial charge in [-0.2, -0.15) is 0 Å². The second kappa shape index (κ2) is 10.1. The molecule has 0 aromatic carbocycles. The first kappa shape index (κ1) is 20.5. The Morgan fingerprint density at radius 1 is 1.26 bits per heavy atom. The maximum atomic E-state index is 11.0. The van der Waals surface area contributed by atoms with E-state index in [2.05, 4.69) is 0 Å². The van der Waals surface area contributed by atoms with Crippen LogP contribution in [0.1, 0.15) is 27.2 Å². The SMILES string of the molecule is CC(C)(C)OC(=O)CC(O)C(N)O.NCC(O)CO. The number of rotatable bonds is 5. The van der Waals surface area contributed by atoms with E-state index in [1.165, 1.54) is 0 Å². The third-order valence-electron chi connectivity index (χ3n) is 1.67. The molecule has 0 fully saturated rings. The zero-order valence-corrected chi connectivity index (χ0v) is 11.6. The molecule has 0 aliphatic carbocycles. The summed E-state index contributed by atoms with van der Waals surface area (Å²) in [5.41, 5.74) is 9.23. The molecule has 0 aromatic heterocycles. The third-order valence-corrected chi connectivity index (χ3v) is 1.67. The highest BCUT2D eigenvalue weighted by Gasteiger charge is 2.21. The molecule has 0 amide bonds. The number of carbonyl (C=O) groups is 1. The van der Waals surface area contributed by atoms with Gasteiger partial charge in [-0.1, -0.05) is 0 Å². The molecule has 0 saturated carbocycles. The van der Waals surface area contributed by atoms with Crippen molar-refractivity contribution in [2.24, 2.45) is 11.5 Å². The van der Waals surface area contributed by atoms with Gasteiger partial charge in [0.2, 0.25) is 0 Å². The molecule has 0 rings (SSSR count). The summed E-state index contributed by atoms with van der Waals surface area (Å²) >= 11 is 0. The molecule has 19 heavy (non-hydrogen) atoms. The zero-order valence-electron chi connectivity index (χ0n) is 11.6. The summed E-state index contributed by atoms with van der Waals surface area (Å²) in [5, 5.41) is 34.0. The average molecular weight is 282 g/mol. The van der Waals surface area contributed by atoms with Gasteiger partial charge in [0.05, 0.1) is 19.1 Å². The Bertz CT molecular complexity index is 238. The van der Waals surface area contributed by atoms with Gasteiger partial charge in [-0.05, 0) is 20.8 Å². The lowest BCUT2D eigenvalue weighted by atomic mass is 10.2. The molecule has 0 aliphatic rings. The van der Waals surface area contributed by atoms with Crippen LogP contribution in [0.25, 0.3) is 0 Å². The molecule has 8 heteroatoms. The van der Waals surface area contributed by atoms with E-state index in [9.17, 15) is 4.79 Å². The number of nitrogens with two attached hydrogens (primary N) is 2. The van der Waals surface area contributed by atoms with Crippen LogP contribution in [-0.2, 0) is 9.53 Å². The van der Waals surface area contributed by atoms with Gasteiger partial charge in [0, 0.05) is 6.54 Å². The van der Waals surface area contributed by atoms with E-state index >= 15 is 0 Å². The van der Waals surface area contributed by atoms with Crippen LogP contribution < -0.4 is 11.5 Å². The van der Waals surface area contributed by atoms with Crippen LogP contribution in [0.15, 0.2) is 0 Å². The van der Waals surface area contributed by atoms with Gasteiger partial charge in [0.25, 0.3) is 0 Å². The van der Waals surface area contributed by atoms with Gasteiger partial charge in [0.15, 0.2) is 0 Å². The Morgan fingerprint density at radius 3 is 1.95 bits per heavy atom. The summed E-state index contributed by atoms with van der Waals surface area (Å²) in [6, 6.07) is 0. The van der Waals surface area contributed by atoms with E-state index in [4.69, 9.17) is 36.6 Å². The quantitative estimate of drug-likeness (QED) is 0.241. The first-order chi connectivity index (χ1) is 8.53. The van der Waals surface area contributed by atoms with Gasteiger partial charge in [-0.15, -0.1) is 0 Å². The highest BCUT2D eigenvalue weighted by atomic mass is 16.6. The van der Waals surface area contributed by atoms with E-state index in [1.807, 2.05) is 0 Å². The Kier molecular flexibility index (Phi) is 10.9. The highest BCUT2D eigenvalue weighted by Crippen LogP contribution is 2.09. The van der Waals surface area contributed by atoms with Crippen LogP contribution >= 0.6 is 0 Å². The van der Waals surface area contributed by atoms with Crippen molar-refractivity contribution < 1.29 is 30.0 Å². The van der Waals surface area contributed by atoms with Gasteiger partial charge >= 0.3 is 5.97 Å². The average Bonchev–Trinajstić information content (AvgIpc) is 2.25. The zero-order chi connectivity index (χ0) is 15.6. The van der Waals surface area contributed by atoms with Gasteiger partial charge in [-0.3, -0.25) is 4.79 Å². The van der Waals surface area contributed by atoms with Crippen molar-refractivity contribution in [2.45, 2.75) is 51.2 Å². The summed E-state index contributed by atoms with van der Waals surface area (Å²) in [7, 11) is 0. The van der Waals surface area contributed by atoms with E-state index in [-0.39, 0.29) is 19.6 Å². The molecule has 3 atom stereocenters. The molecular weight excluding hydrogens is 256 g/mol. The van der Waals surface area contributed by atoms with Crippen molar-refractivity contribution in [3.8, 4) is 0 Å². The predicted octanol–water partition coefficient (Wildman–Crippen LogP) is -2.35. The van der Waals surface area contributed by atoms with Crippen molar-refractivity contribution in [1.29, 1.82) is 0 Å². The number of hydrogen-bond acceptors (Lipinski definition) is 8. The Labute approximate surface area is 113 Å². The van der Waals surface area contributed by atoms with E-state index in [0.717, 1.165) is 0 Å². The predicted molar refractivity (Wildman–Crippen MR) is 68.8 cm³/mol. The Balaban J connectivity index is 0. The molecular formula is C11H26N2O6. The standard InChI is InChI=1S/C8H17NO4.C3H9NO2/c1-8(2,3)13-6(11)4-5(10)7(9)12;4-1-3(6)2-5/h5,7,10,12H,4,9H2,1-3H3;3,5-6H,1-2,4H2. The van der Waals surface area contributed by atoms with E-state index < -0.39 is 30.0 Å². The summed E-state index contributed by atoms with van der Waals surface area (Å²) < 4.78 is 4.89. The van der Waals surface area contributed by atoms with Crippen molar-refractivity contribution in [3.63, 3.8) is 0 Å². The number of hydrogen-bond donors (Lipinski definition) is 6. The minimum atomic E-state index is -1.41. The minimum Gasteiger partial charge on any atom is -0.460 e. The lowest BCUT2D eigenvalue weighted by molar-refractivity contribution is -0.158. The molecule has 0 aromatic rings. The first-order valence-electron chi connectivity index (χ1n) is 5.86. The molecule has 116 valence electrons. The fourth-order valence-electron chi connectivity index (χ4n) is 0.749. The Hall–Kier alpha value is -0.770. The van der Waals surface area contributed by atoms with Crippen molar-refractivity contribution >= 4 is 5.97 Å². The van der Waals surface area contributed by atoms with Crippen LogP contribution in [0.2, 0.25) is 0 Å². The number of aliphatic hydroxyl groups is 4. The monoisotopic (exact) mass is 282 g/mol. The fourth-order valence-corrected chi connectivity index (χ4v) is 0.749. The van der Waals surface area contributed by atoms with Crippen LogP contribution in [0.3, 0.4) is 0 Å². The Morgan fingerprint density at radius 2 is 1.74 bits per heavy atom. The smallest absolute Gasteiger partial charge is 0.309 e.